The minimum absolute atomic E-state index is 0.127. The number of benzene rings is 1. The molecular formula is C23H16Cl3N3O3. The standard InChI is InChI=1S/C23H16Cl3N3O3/c1-32-16-4-2-13(3-5-16)8-15-10-17(20-9-14(24)6-7-29(15)20)22(30)23(31)28-21-18(25)11-27-12-19(21)26/h2-7,9-12H,8H2,1H3,(H,27,28,31). The number of ketones is 1. The Labute approximate surface area is 198 Å². The van der Waals surface area contributed by atoms with Gasteiger partial charge < -0.3 is 14.5 Å². The van der Waals surface area contributed by atoms with E-state index >= 15 is 0 Å². The van der Waals surface area contributed by atoms with Crippen LogP contribution in [0.15, 0.2) is 61.1 Å². The first-order chi connectivity index (χ1) is 15.4. The van der Waals surface area contributed by atoms with E-state index in [4.69, 9.17) is 39.5 Å². The predicted molar refractivity (Wildman–Crippen MR) is 125 cm³/mol. The Morgan fingerprint density at radius 1 is 1.03 bits per heavy atom. The van der Waals surface area contributed by atoms with Gasteiger partial charge in [0, 0.05) is 35.7 Å². The van der Waals surface area contributed by atoms with Crippen LogP contribution in [0.5, 0.6) is 5.75 Å². The minimum Gasteiger partial charge on any atom is -0.497 e. The average molecular weight is 489 g/mol. The second-order valence-electron chi connectivity index (χ2n) is 6.94. The number of ether oxygens (including phenoxy) is 1. The molecule has 32 heavy (non-hydrogen) atoms. The molecular weight excluding hydrogens is 473 g/mol. The first-order valence-corrected chi connectivity index (χ1v) is 10.6. The second-order valence-corrected chi connectivity index (χ2v) is 8.19. The van der Waals surface area contributed by atoms with Gasteiger partial charge >= 0.3 is 0 Å². The van der Waals surface area contributed by atoms with Gasteiger partial charge in [-0.3, -0.25) is 14.6 Å². The van der Waals surface area contributed by atoms with E-state index in [1.54, 1.807) is 31.5 Å². The third-order valence-corrected chi connectivity index (χ3v) is 5.71. The zero-order chi connectivity index (χ0) is 22.8. The Bertz CT molecular complexity index is 1310. The van der Waals surface area contributed by atoms with Gasteiger partial charge in [-0.2, -0.15) is 0 Å². The van der Waals surface area contributed by atoms with Crippen molar-refractivity contribution in [2.45, 2.75) is 6.42 Å². The zero-order valence-electron chi connectivity index (χ0n) is 16.7. The highest BCUT2D eigenvalue weighted by molar-refractivity contribution is 6.49. The summed E-state index contributed by atoms with van der Waals surface area (Å²) in [6.07, 6.45) is 4.95. The maximum absolute atomic E-state index is 13.1. The molecule has 4 aromatic rings. The molecule has 1 N–H and O–H groups in total. The Morgan fingerprint density at radius 2 is 1.72 bits per heavy atom. The maximum atomic E-state index is 13.1. The first kappa shape index (κ1) is 22.1. The van der Waals surface area contributed by atoms with Crippen LogP contribution >= 0.6 is 34.8 Å². The quantitative estimate of drug-likeness (QED) is 0.278. The van der Waals surface area contributed by atoms with Gasteiger partial charge in [0.2, 0.25) is 0 Å². The van der Waals surface area contributed by atoms with Gasteiger partial charge in [0.15, 0.2) is 0 Å². The number of methoxy groups -OCH3 is 1. The second kappa shape index (κ2) is 9.20. The average Bonchev–Trinajstić information content (AvgIpc) is 3.13. The number of hydrogen-bond donors (Lipinski definition) is 1. The van der Waals surface area contributed by atoms with Crippen LogP contribution in [0.4, 0.5) is 5.69 Å². The lowest BCUT2D eigenvalue weighted by atomic mass is 10.1. The van der Waals surface area contributed by atoms with Gasteiger partial charge in [-0.1, -0.05) is 46.9 Å². The number of Topliss-reactive ketones (excluding diaryl/α,β-unsaturated/α-hetero) is 1. The van der Waals surface area contributed by atoms with Crippen molar-refractivity contribution in [1.82, 2.24) is 9.38 Å². The van der Waals surface area contributed by atoms with Crippen molar-refractivity contribution in [3.63, 3.8) is 0 Å². The molecule has 3 heterocycles. The molecule has 1 amide bonds. The van der Waals surface area contributed by atoms with Crippen LogP contribution in [-0.4, -0.2) is 28.2 Å². The van der Waals surface area contributed by atoms with Crippen molar-refractivity contribution in [3.05, 3.63) is 92.9 Å². The van der Waals surface area contributed by atoms with E-state index in [-0.39, 0.29) is 21.3 Å². The summed E-state index contributed by atoms with van der Waals surface area (Å²) in [6.45, 7) is 0. The largest absolute Gasteiger partial charge is 0.497 e. The Kier molecular flexibility index (Phi) is 6.37. The van der Waals surface area contributed by atoms with Crippen molar-refractivity contribution >= 4 is 57.7 Å². The smallest absolute Gasteiger partial charge is 0.296 e. The SMILES string of the molecule is COc1ccc(Cc2cc(C(=O)C(=O)Nc3c(Cl)cncc3Cl)c3cc(Cl)ccn23)cc1. The number of aromatic nitrogens is 2. The van der Waals surface area contributed by atoms with Crippen LogP contribution in [0.3, 0.4) is 0 Å². The number of pyridine rings is 2. The molecule has 0 aliphatic rings. The summed E-state index contributed by atoms with van der Waals surface area (Å²) in [6, 6.07) is 12.7. The third kappa shape index (κ3) is 4.43. The minimum atomic E-state index is -0.872. The molecule has 0 saturated heterocycles. The Balaban J connectivity index is 1.69. The molecule has 6 nitrogen and oxygen atoms in total. The van der Waals surface area contributed by atoms with E-state index in [1.165, 1.54) is 12.4 Å². The van der Waals surface area contributed by atoms with Crippen molar-refractivity contribution in [1.29, 1.82) is 0 Å². The van der Waals surface area contributed by atoms with Crippen molar-refractivity contribution in [3.8, 4) is 5.75 Å². The van der Waals surface area contributed by atoms with Gasteiger partial charge in [-0.15, -0.1) is 0 Å². The lowest BCUT2D eigenvalue weighted by Crippen LogP contribution is -2.23. The number of rotatable bonds is 6. The van der Waals surface area contributed by atoms with Crippen molar-refractivity contribution < 1.29 is 14.3 Å². The van der Waals surface area contributed by atoms with Crippen LogP contribution in [0.1, 0.15) is 21.6 Å². The number of hydrogen-bond acceptors (Lipinski definition) is 4. The molecule has 0 radical (unpaired) electrons. The van der Waals surface area contributed by atoms with E-state index in [1.807, 2.05) is 28.7 Å². The molecule has 162 valence electrons. The fourth-order valence-corrected chi connectivity index (χ4v) is 3.96. The maximum Gasteiger partial charge on any atom is 0.296 e. The molecule has 1 aromatic carbocycles. The lowest BCUT2D eigenvalue weighted by molar-refractivity contribution is -0.112. The lowest BCUT2D eigenvalue weighted by Gasteiger charge is -2.07. The Hall–Kier alpha value is -3.06. The summed E-state index contributed by atoms with van der Waals surface area (Å²) in [5, 5.41) is 3.18. The number of carbonyl (C=O) groups excluding carboxylic acids is 2. The van der Waals surface area contributed by atoms with Gasteiger partial charge in [-0.05, 0) is 35.9 Å². The number of nitrogens with zero attached hydrogens (tertiary/aromatic N) is 2. The molecule has 0 fully saturated rings. The topological polar surface area (TPSA) is 72.7 Å². The summed E-state index contributed by atoms with van der Waals surface area (Å²) in [5.74, 6) is -0.861. The molecule has 3 aromatic heterocycles. The number of carbonyl (C=O) groups is 2. The molecule has 4 rings (SSSR count). The van der Waals surface area contributed by atoms with Crippen LogP contribution in [-0.2, 0) is 11.2 Å². The summed E-state index contributed by atoms with van der Waals surface area (Å²) in [5.41, 5.74) is 2.70. The summed E-state index contributed by atoms with van der Waals surface area (Å²) >= 11 is 18.3. The van der Waals surface area contributed by atoms with E-state index in [0.717, 1.165) is 17.0 Å². The van der Waals surface area contributed by atoms with E-state index in [2.05, 4.69) is 10.3 Å². The molecule has 9 heteroatoms. The highest BCUT2D eigenvalue weighted by Gasteiger charge is 2.24. The predicted octanol–water partition coefficient (Wildman–Crippen LogP) is 5.72. The van der Waals surface area contributed by atoms with Crippen LogP contribution in [0, 0.1) is 0 Å². The fraction of sp³-hybridized carbons (Fsp3) is 0.0870. The molecule has 0 bridgehead atoms. The number of fused-ring (bicyclic) bond motifs is 1. The summed E-state index contributed by atoms with van der Waals surface area (Å²) in [7, 11) is 1.61. The monoisotopic (exact) mass is 487 g/mol. The van der Waals surface area contributed by atoms with E-state index in [0.29, 0.717) is 17.0 Å². The molecule has 0 aliphatic carbocycles. The number of halogens is 3. The number of amides is 1. The highest BCUT2D eigenvalue weighted by atomic mass is 35.5. The Morgan fingerprint density at radius 3 is 2.38 bits per heavy atom. The van der Waals surface area contributed by atoms with Crippen molar-refractivity contribution in [2.75, 3.05) is 12.4 Å². The zero-order valence-corrected chi connectivity index (χ0v) is 19.0. The molecule has 0 unspecified atom stereocenters. The van der Waals surface area contributed by atoms with Crippen LogP contribution in [0.25, 0.3) is 5.52 Å². The number of anilines is 1. The normalized spacial score (nSPS) is 10.9. The van der Waals surface area contributed by atoms with Gasteiger partial charge in [0.05, 0.1) is 33.9 Å². The molecule has 0 spiro atoms. The summed E-state index contributed by atoms with van der Waals surface area (Å²) < 4.78 is 7.03. The van der Waals surface area contributed by atoms with E-state index < -0.39 is 11.7 Å². The van der Waals surface area contributed by atoms with Crippen LogP contribution < -0.4 is 10.1 Å². The first-order valence-electron chi connectivity index (χ1n) is 9.44. The molecule has 0 aliphatic heterocycles. The van der Waals surface area contributed by atoms with E-state index in [9.17, 15) is 9.59 Å². The molecule has 0 saturated carbocycles. The summed E-state index contributed by atoms with van der Waals surface area (Å²) in [4.78, 5) is 29.6. The third-order valence-electron chi connectivity index (χ3n) is 4.90. The highest BCUT2D eigenvalue weighted by Crippen LogP contribution is 2.29. The number of nitrogens with one attached hydrogen (secondary N) is 1. The molecule has 0 atom stereocenters. The van der Waals surface area contributed by atoms with Gasteiger partial charge in [0.1, 0.15) is 5.75 Å². The fourth-order valence-electron chi connectivity index (χ4n) is 3.34. The van der Waals surface area contributed by atoms with Crippen LogP contribution in [0.2, 0.25) is 15.1 Å². The van der Waals surface area contributed by atoms with Gasteiger partial charge in [-0.25, -0.2) is 0 Å². The van der Waals surface area contributed by atoms with Gasteiger partial charge in [0.25, 0.3) is 11.7 Å². The van der Waals surface area contributed by atoms with Crippen molar-refractivity contribution in [2.24, 2.45) is 0 Å².